The van der Waals surface area contributed by atoms with E-state index in [0.717, 1.165) is 73.4 Å². The number of benzene rings is 1. The number of aromatic nitrogens is 2. The Balaban J connectivity index is 1.42. The molecule has 3 unspecified atom stereocenters. The van der Waals surface area contributed by atoms with E-state index in [4.69, 9.17) is 15.7 Å². The van der Waals surface area contributed by atoms with Crippen molar-refractivity contribution in [2.45, 2.75) is 52.6 Å². The highest BCUT2D eigenvalue weighted by Gasteiger charge is 2.33. The molecular weight excluding hydrogens is 469 g/mol. The monoisotopic (exact) mass is 505 g/mol. The zero-order chi connectivity index (χ0) is 26.3. The lowest BCUT2D eigenvalue weighted by molar-refractivity contribution is -0.120. The Labute approximate surface area is 218 Å². The molecule has 8 nitrogen and oxygen atoms in total. The zero-order valence-corrected chi connectivity index (χ0v) is 22.1. The maximum atomic E-state index is 13.6. The van der Waals surface area contributed by atoms with Crippen LogP contribution in [0.1, 0.15) is 40.5 Å². The number of carbonyl (C=O) groups is 1. The van der Waals surface area contributed by atoms with Crippen molar-refractivity contribution in [3.05, 3.63) is 47.5 Å². The Hall–Kier alpha value is -3.49. The van der Waals surface area contributed by atoms with E-state index in [1.807, 2.05) is 19.9 Å². The molecule has 2 fully saturated rings. The van der Waals surface area contributed by atoms with Crippen LogP contribution in [0.15, 0.2) is 46.7 Å². The summed E-state index contributed by atoms with van der Waals surface area (Å²) >= 11 is 0. The highest BCUT2D eigenvalue weighted by atomic mass is 19.1. The van der Waals surface area contributed by atoms with Gasteiger partial charge in [-0.05, 0) is 69.4 Å². The van der Waals surface area contributed by atoms with Gasteiger partial charge in [0.15, 0.2) is 0 Å². The highest BCUT2D eigenvalue weighted by Crippen LogP contribution is 2.33. The molecule has 0 spiro atoms. The van der Waals surface area contributed by atoms with Crippen LogP contribution in [0.5, 0.6) is 0 Å². The number of anilines is 2. The summed E-state index contributed by atoms with van der Waals surface area (Å²) in [4.78, 5) is 33.3. The van der Waals surface area contributed by atoms with E-state index < -0.39 is 0 Å². The van der Waals surface area contributed by atoms with E-state index in [-0.39, 0.29) is 29.6 Å². The molecule has 1 aromatic carbocycles. The first-order valence-corrected chi connectivity index (χ1v) is 13.2. The number of aliphatic imine (C=N–C) groups is 1. The summed E-state index contributed by atoms with van der Waals surface area (Å²) < 4.78 is 13.6. The van der Waals surface area contributed by atoms with Crippen LogP contribution >= 0.6 is 0 Å². The quantitative estimate of drug-likeness (QED) is 0.664. The number of hydrogen-bond donors (Lipinski definition) is 1. The van der Waals surface area contributed by atoms with Gasteiger partial charge in [-0.1, -0.05) is 6.92 Å². The van der Waals surface area contributed by atoms with Gasteiger partial charge in [-0.25, -0.2) is 14.4 Å². The standard InChI is InChI=1S/C28H36FN7O/c1-17-6-5-11-36(17)28-32-24(21-7-9-22(29)10-8-21)14-25(33-28)35-13-12-34(16-18(35)2)27-20(4)19(3)23(15-31-27)26(30)37/h7-10,14-15,17-19,23H,5-6,11-13,16H2,1-4H3,(H2,30,37)/t17?,18-,19?,23?/m1/s1. The Kier molecular flexibility index (Phi) is 6.88. The SMILES string of the molecule is CC1=C(N2CCN(c3cc(-c4ccc(F)cc4)nc(N4CCCC4C)n3)[C@H](C)C2)N=CC(C(N)=O)C1C. The van der Waals surface area contributed by atoms with Crippen LogP contribution in [-0.4, -0.2) is 65.3 Å². The van der Waals surface area contributed by atoms with E-state index in [1.165, 1.54) is 12.1 Å². The predicted octanol–water partition coefficient (Wildman–Crippen LogP) is 3.84. The predicted molar refractivity (Wildman–Crippen MR) is 145 cm³/mol. The van der Waals surface area contributed by atoms with Gasteiger partial charge in [0.1, 0.15) is 17.5 Å². The molecule has 2 saturated heterocycles. The summed E-state index contributed by atoms with van der Waals surface area (Å²) in [6, 6.07) is 9.08. The van der Waals surface area contributed by atoms with E-state index in [2.05, 4.69) is 33.5 Å². The first-order chi connectivity index (χ1) is 17.7. The molecule has 37 heavy (non-hydrogen) atoms. The van der Waals surface area contributed by atoms with Crippen LogP contribution < -0.4 is 15.5 Å². The fraction of sp³-hybridized carbons (Fsp3) is 0.500. The Morgan fingerprint density at radius 1 is 1.03 bits per heavy atom. The molecule has 0 aliphatic carbocycles. The third-order valence-electron chi connectivity index (χ3n) is 8.13. The van der Waals surface area contributed by atoms with Crippen LogP contribution in [0.25, 0.3) is 11.3 Å². The highest BCUT2D eigenvalue weighted by molar-refractivity contribution is 5.94. The number of nitrogens with zero attached hydrogens (tertiary/aromatic N) is 6. The third kappa shape index (κ3) is 4.91. The number of allylic oxidation sites excluding steroid dienone is 1. The van der Waals surface area contributed by atoms with Gasteiger partial charge in [0.25, 0.3) is 0 Å². The van der Waals surface area contributed by atoms with Crippen LogP contribution in [0.3, 0.4) is 0 Å². The van der Waals surface area contributed by atoms with Crippen LogP contribution in [0.2, 0.25) is 0 Å². The van der Waals surface area contributed by atoms with Crippen molar-refractivity contribution in [1.82, 2.24) is 14.9 Å². The van der Waals surface area contributed by atoms with Crippen molar-refractivity contribution in [2.24, 2.45) is 22.6 Å². The Morgan fingerprint density at radius 2 is 1.78 bits per heavy atom. The van der Waals surface area contributed by atoms with Crippen molar-refractivity contribution in [3.8, 4) is 11.3 Å². The molecule has 3 aliphatic rings. The summed E-state index contributed by atoms with van der Waals surface area (Å²) in [5, 5.41) is 0. The van der Waals surface area contributed by atoms with Gasteiger partial charge in [-0.2, -0.15) is 4.98 Å². The van der Waals surface area contributed by atoms with Crippen LogP contribution in [0, 0.1) is 17.7 Å². The summed E-state index contributed by atoms with van der Waals surface area (Å²) in [6.45, 7) is 11.8. The minimum Gasteiger partial charge on any atom is -0.369 e. The molecule has 4 atom stereocenters. The second kappa shape index (κ2) is 10.1. The number of primary amides is 1. The first-order valence-electron chi connectivity index (χ1n) is 13.2. The second-order valence-corrected chi connectivity index (χ2v) is 10.6. The fourth-order valence-corrected chi connectivity index (χ4v) is 5.69. The lowest BCUT2D eigenvalue weighted by Crippen LogP contribution is -2.52. The van der Waals surface area contributed by atoms with E-state index in [9.17, 15) is 9.18 Å². The average molecular weight is 506 g/mol. The Bertz CT molecular complexity index is 1230. The average Bonchev–Trinajstić information content (AvgIpc) is 3.31. The number of nitrogens with two attached hydrogens (primary N) is 1. The van der Waals surface area contributed by atoms with Gasteiger partial charge in [-0.15, -0.1) is 0 Å². The van der Waals surface area contributed by atoms with Gasteiger partial charge in [-0.3, -0.25) is 4.79 Å². The number of amides is 1. The molecule has 0 radical (unpaired) electrons. The van der Waals surface area contributed by atoms with Gasteiger partial charge < -0.3 is 20.4 Å². The second-order valence-electron chi connectivity index (χ2n) is 10.6. The summed E-state index contributed by atoms with van der Waals surface area (Å²) in [7, 11) is 0. The summed E-state index contributed by atoms with van der Waals surface area (Å²) in [6.07, 6.45) is 3.95. The maximum Gasteiger partial charge on any atom is 0.228 e. The van der Waals surface area contributed by atoms with Crippen molar-refractivity contribution >= 4 is 23.9 Å². The molecule has 2 aromatic rings. The molecular formula is C28H36FN7O. The molecule has 9 heteroatoms. The molecule has 5 rings (SSSR count). The zero-order valence-electron chi connectivity index (χ0n) is 22.1. The van der Waals surface area contributed by atoms with E-state index >= 15 is 0 Å². The molecule has 196 valence electrons. The number of hydrogen-bond acceptors (Lipinski definition) is 7. The van der Waals surface area contributed by atoms with Gasteiger partial charge >= 0.3 is 0 Å². The van der Waals surface area contributed by atoms with E-state index in [1.54, 1.807) is 18.3 Å². The number of rotatable bonds is 5. The van der Waals surface area contributed by atoms with Gasteiger partial charge in [0.2, 0.25) is 11.9 Å². The number of halogens is 1. The smallest absolute Gasteiger partial charge is 0.228 e. The van der Waals surface area contributed by atoms with Crippen LogP contribution in [0.4, 0.5) is 16.2 Å². The topological polar surface area (TPSA) is 90.9 Å². The van der Waals surface area contributed by atoms with Gasteiger partial charge in [0, 0.05) is 56.1 Å². The normalized spacial score (nSPS) is 26.2. The maximum absolute atomic E-state index is 13.6. The molecule has 2 N–H and O–H groups in total. The third-order valence-corrected chi connectivity index (χ3v) is 8.13. The van der Waals surface area contributed by atoms with Crippen LogP contribution in [-0.2, 0) is 4.79 Å². The summed E-state index contributed by atoms with van der Waals surface area (Å²) in [5.41, 5.74) is 8.34. The number of carbonyl (C=O) groups excluding carboxylic acids is 1. The molecule has 4 heterocycles. The fourth-order valence-electron chi connectivity index (χ4n) is 5.69. The van der Waals surface area contributed by atoms with Crippen molar-refractivity contribution in [2.75, 3.05) is 36.0 Å². The Morgan fingerprint density at radius 3 is 2.43 bits per heavy atom. The molecule has 3 aliphatic heterocycles. The molecule has 0 saturated carbocycles. The first kappa shape index (κ1) is 25.2. The molecule has 0 bridgehead atoms. The molecule has 1 amide bonds. The minimum absolute atomic E-state index is 0.0310. The van der Waals surface area contributed by atoms with Crippen molar-refractivity contribution in [3.63, 3.8) is 0 Å². The van der Waals surface area contributed by atoms with Crippen molar-refractivity contribution < 1.29 is 9.18 Å². The largest absolute Gasteiger partial charge is 0.369 e. The number of piperazine rings is 1. The lowest BCUT2D eigenvalue weighted by atomic mass is 9.86. The minimum atomic E-state index is -0.361. The summed E-state index contributed by atoms with van der Waals surface area (Å²) in [5.74, 6) is 1.63. The lowest BCUT2D eigenvalue weighted by Gasteiger charge is -2.43. The molecule has 1 aromatic heterocycles. The van der Waals surface area contributed by atoms with E-state index in [0.29, 0.717) is 6.04 Å². The van der Waals surface area contributed by atoms with Gasteiger partial charge in [0.05, 0.1) is 11.6 Å². The van der Waals surface area contributed by atoms with Crippen molar-refractivity contribution in [1.29, 1.82) is 0 Å².